The van der Waals surface area contributed by atoms with Gasteiger partial charge in [0.25, 0.3) is 5.91 Å². The van der Waals surface area contributed by atoms with Crippen molar-refractivity contribution in [2.75, 3.05) is 24.6 Å². The molecular weight excluding hydrogens is 482 g/mol. The van der Waals surface area contributed by atoms with Gasteiger partial charge in [0, 0.05) is 18.5 Å². The predicted octanol–water partition coefficient (Wildman–Crippen LogP) is 4.23. The number of ether oxygens (including phenoxy) is 1. The number of hydrogen-bond acceptors (Lipinski definition) is 5. The van der Waals surface area contributed by atoms with Crippen LogP contribution in [0.5, 0.6) is 0 Å². The first kappa shape index (κ1) is 25.2. The minimum Gasteiger partial charge on any atom is -0.459 e. The van der Waals surface area contributed by atoms with Gasteiger partial charge in [-0.25, -0.2) is 0 Å². The van der Waals surface area contributed by atoms with Crippen LogP contribution in [-0.4, -0.2) is 43.5 Å². The Hall–Kier alpha value is -4.43. The minimum absolute atomic E-state index is 0.0512. The summed E-state index contributed by atoms with van der Waals surface area (Å²) in [6.45, 7) is 0.707. The number of nitrogens with one attached hydrogen (secondary N) is 2. The van der Waals surface area contributed by atoms with Crippen molar-refractivity contribution in [2.45, 2.75) is 25.0 Å². The van der Waals surface area contributed by atoms with Gasteiger partial charge in [-0.05, 0) is 42.0 Å². The van der Waals surface area contributed by atoms with Crippen LogP contribution in [0.25, 0.3) is 10.8 Å². The lowest BCUT2D eigenvalue weighted by Gasteiger charge is -2.32. The number of furan rings is 1. The summed E-state index contributed by atoms with van der Waals surface area (Å²) >= 11 is 0. The number of anilines is 1. The average Bonchev–Trinajstić information content (AvgIpc) is 3.68. The number of rotatable bonds is 9. The molecule has 0 unspecified atom stereocenters. The van der Waals surface area contributed by atoms with Gasteiger partial charge < -0.3 is 19.8 Å². The van der Waals surface area contributed by atoms with Gasteiger partial charge in [0.2, 0.25) is 11.8 Å². The molecule has 1 saturated heterocycles. The van der Waals surface area contributed by atoms with Crippen LogP contribution in [0.2, 0.25) is 0 Å². The largest absolute Gasteiger partial charge is 0.459 e. The standard InChI is InChI=1S/C30H29N3O5/c34-27(20-32-29(35)26-16-8-18-38-26)33(25-15-6-12-21-9-4-5-14-24(21)25)28(22-10-2-1-3-11-22)30(36)31-19-23-13-7-17-37-23/h1-6,8-12,14-16,18,23,28H,7,13,17,19-20H2,(H,31,36)(H,32,35)/t23-,28+/m1/s1. The highest BCUT2D eigenvalue weighted by Gasteiger charge is 2.34. The normalized spacial score (nSPS) is 15.6. The lowest BCUT2D eigenvalue weighted by Crippen LogP contribution is -2.48. The van der Waals surface area contributed by atoms with Crippen molar-refractivity contribution in [1.29, 1.82) is 0 Å². The number of benzene rings is 3. The fraction of sp³-hybridized carbons (Fsp3) is 0.233. The quantitative estimate of drug-likeness (QED) is 0.350. The Morgan fingerprint density at radius 2 is 1.68 bits per heavy atom. The maximum atomic E-state index is 13.9. The zero-order valence-corrected chi connectivity index (χ0v) is 20.8. The Morgan fingerprint density at radius 1 is 0.895 bits per heavy atom. The van der Waals surface area contributed by atoms with E-state index >= 15 is 0 Å². The summed E-state index contributed by atoms with van der Waals surface area (Å²) in [5.74, 6) is -1.18. The molecule has 1 aromatic heterocycles. The second kappa shape index (κ2) is 11.7. The van der Waals surface area contributed by atoms with E-state index in [4.69, 9.17) is 9.15 Å². The first-order chi connectivity index (χ1) is 18.6. The highest BCUT2D eigenvalue weighted by atomic mass is 16.5. The van der Waals surface area contributed by atoms with Crippen molar-refractivity contribution >= 4 is 34.2 Å². The van der Waals surface area contributed by atoms with Gasteiger partial charge >= 0.3 is 0 Å². The van der Waals surface area contributed by atoms with E-state index in [0.717, 1.165) is 23.6 Å². The van der Waals surface area contributed by atoms with Crippen molar-refractivity contribution in [3.63, 3.8) is 0 Å². The molecule has 3 aromatic carbocycles. The molecule has 5 rings (SSSR count). The van der Waals surface area contributed by atoms with Crippen LogP contribution in [0.15, 0.2) is 95.6 Å². The number of amides is 3. The number of nitrogens with zero attached hydrogens (tertiary/aromatic N) is 1. The summed E-state index contributed by atoms with van der Waals surface area (Å²) < 4.78 is 10.8. The van der Waals surface area contributed by atoms with Gasteiger partial charge in [-0.2, -0.15) is 0 Å². The number of carbonyl (C=O) groups is 3. The number of hydrogen-bond donors (Lipinski definition) is 2. The molecule has 8 heteroatoms. The van der Waals surface area contributed by atoms with E-state index in [1.54, 1.807) is 6.07 Å². The molecule has 0 saturated carbocycles. The molecular formula is C30H29N3O5. The van der Waals surface area contributed by atoms with E-state index in [-0.39, 0.29) is 24.3 Å². The van der Waals surface area contributed by atoms with Crippen LogP contribution in [-0.2, 0) is 14.3 Å². The Morgan fingerprint density at radius 3 is 2.45 bits per heavy atom. The summed E-state index contributed by atoms with van der Waals surface area (Å²) in [5, 5.41) is 7.37. The lowest BCUT2D eigenvalue weighted by molar-refractivity contribution is -0.126. The van der Waals surface area contributed by atoms with E-state index in [0.29, 0.717) is 24.4 Å². The summed E-state index contributed by atoms with van der Waals surface area (Å²) in [7, 11) is 0. The molecule has 4 aromatic rings. The monoisotopic (exact) mass is 511 g/mol. The number of carbonyl (C=O) groups excluding carboxylic acids is 3. The second-order valence-corrected chi connectivity index (χ2v) is 9.12. The van der Waals surface area contributed by atoms with Crippen molar-refractivity contribution < 1.29 is 23.5 Å². The van der Waals surface area contributed by atoms with Gasteiger partial charge in [0.05, 0.1) is 24.6 Å². The van der Waals surface area contributed by atoms with Crippen molar-refractivity contribution in [2.24, 2.45) is 0 Å². The average molecular weight is 512 g/mol. The maximum absolute atomic E-state index is 13.9. The molecule has 1 aliphatic rings. The molecule has 38 heavy (non-hydrogen) atoms. The first-order valence-electron chi connectivity index (χ1n) is 12.7. The molecule has 0 aliphatic carbocycles. The summed E-state index contributed by atoms with van der Waals surface area (Å²) in [4.78, 5) is 41.7. The van der Waals surface area contributed by atoms with Gasteiger partial charge in [0.15, 0.2) is 5.76 Å². The van der Waals surface area contributed by atoms with Crippen molar-refractivity contribution in [3.05, 3.63) is 103 Å². The summed E-state index contributed by atoms with van der Waals surface area (Å²) in [5.41, 5.74) is 1.22. The molecule has 1 fully saturated rings. The first-order valence-corrected chi connectivity index (χ1v) is 12.7. The highest BCUT2D eigenvalue weighted by molar-refractivity contribution is 6.09. The van der Waals surface area contributed by atoms with E-state index in [1.165, 1.54) is 17.2 Å². The molecule has 2 N–H and O–H groups in total. The van der Waals surface area contributed by atoms with Gasteiger partial charge in [0.1, 0.15) is 6.04 Å². The zero-order chi connectivity index (χ0) is 26.3. The third kappa shape index (κ3) is 5.60. The molecule has 8 nitrogen and oxygen atoms in total. The fourth-order valence-corrected chi connectivity index (χ4v) is 4.74. The molecule has 2 atom stereocenters. The Balaban J connectivity index is 1.52. The fourth-order valence-electron chi connectivity index (χ4n) is 4.74. The van der Waals surface area contributed by atoms with Crippen molar-refractivity contribution in [3.8, 4) is 0 Å². The third-order valence-electron chi connectivity index (χ3n) is 6.59. The summed E-state index contributed by atoms with van der Waals surface area (Å²) in [6.07, 6.45) is 3.17. The third-order valence-corrected chi connectivity index (χ3v) is 6.59. The molecule has 194 valence electrons. The van der Waals surface area contributed by atoms with Crippen LogP contribution in [0.1, 0.15) is 35.0 Å². The van der Waals surface area contributed by atoms with Crippen LogP contribution in [0.4, 0.5) is 5.69 Å². The molecule has 1 aliphatic heterocycles. The predicted molar refractivity (Wildman–Crippen MR) is 144 cm³/mol. The highest BCUT2D eigenvalue weighted by Crippen LogP contribution is 2.34. The van der Waals surface area contributed by atoms with Gasteiger partial charge in [-0.15, -0.1) is 0 Å². The smallest absolute Gasteiger partial charge is 0.287 e. The molecule has 3 amide bonds. The molecule has 0 spiro atoms. The zero-order valence-electron chi connectivity index (χ0n) is 20.8. The Labute approximate surface area is 220 Å². The topological polar surface area (TPSA) is 101 Å². The van der Waals surface area contributed by atoms with E-state index in [1.807, 2.05) is 72.8 Å². The minimum atomic E-state index is -0.976. The SMILES string of the molecule is O=C(NCC(=O)N(c1cccc2ccccc12)[C@H](C(=O)NC[C@H]1CCCO1)c1ccccc1)c1ccco1. The maximum Gasteiger partial charge on any atom is 0.287 e. The number of fused-ring (bicyclic) bond motifs is 1. The van der Waals surface area contributed by atoms with E-state index < -0.39 is 17.9 Å². The van der Waals surface area contributed by atoms with Crippen LogP contribution < -0.4 is 15.5 Å². The molecule has 0 radical (unpaired) electrons. The Bertz CT molecular complexity index is 1390. The molecule has 2 heterocycles. The van der Waals surface area contributed by atoms with Crippen LogP contribution >= 0.6 is 0 Å². The van der Waals surface area contributed by atoms with E-state index in [9.17, 15) is 14.4 Å². The van der Waals surface area contributed by atoms with Gasteiger partial charge in [-0.1, -0.05) is 66.7 Å². The lowest BCUT2D eigenvalue weighted by atomic mass is 10.0. The Kier molecular flexibility index (Phi) is 7.80. The van der Waals surface area contributed by atoms with Crippen LogP contribution in [0, 0.1) is 0 Å². The van der Waals surface area contributed by atoms with E-state index in [2.05, 4.69) is 10.6 Å². The summed E-state index contributed by atoms with van der Waals surface area (Å²) in [6, 6.07) is 24.6. The van der Waals surface area contributed by atoms with Gasteiger partial charge in [-0.3, -0.25) is 19.3 Å². The second-order valence-electron chi connectivity index (χ2n) is 9.12. The van der Waals surface area contributed by atoms with Crippen molar-refractivity contribution in [1.82, 2.24) is 10.6 Å². The molecule has 0 bridgehead atoms. The van der Waals surface area contributed by atoms with Crippen LogP contribution in [0.3, 0.4) is 0 Å².